The summed E-state index contributed by atoms with van der Waals surface area (Å²) in [5.74, 6) is 0.184. The van der Waals surface area contributed by atoms with Gasteiger partial charge < -0.3 is 15.8 Å². The molecule has 0 aliphatic carbocycles. The van der Waals surface area contributed by atoms with Gasteiger partial charge in [0.1, 0.15) is 11.6 Å². The molecule has 0 fully saturated rings. The van der Waals surface area contributed by atoms with E-state index < -0.39 is 0 Å². The number of anilines is 1. The van der Waals surface area contributed by atoms with Gasteiger partial charge in [-0.15, -0.1) is 0 Å². The highest BCUT2D eigenvalue weighted by Gasteiger charge is 2.02. The minimum absolute atomic E-state index is 0.310. The maximum atomic E-state index is 12.7. The van der Waals surface area contributed by atoms with E-state index in [2.05, 4.69) is 5.32 Å². The molecular weight excluding hydrogens is 171 g/mol. The van der Waals surface area contributed by atoms with Crippen LogP contribution in [0.25, 0.3) is 0 Å². The predicted octanol–water partition coefficient (Wildman–Crippen LogP) is 1.20. The van der Waals surface area contributed by atoms with E-state index in [-0.39, 0.29) is 5.82 Å². The summed E-state index contributed by atoms with van der Waals surface area (Å²) in [6, 6.07) is 4.34. The smallest absolute Gasteiger partial charge is 0.144 e. The molecule has 1 aromatic rings. The lowest BCUT2D eigenvalue weighted by molar-refractivity contribution is 0.413. The van der Waals surface area contributed by atoms with Gasteiger partial charge in [0, 0.05) is 19.2 Å². The van der Waals surface area contributed by atoms with Crippen LogP contribution in [0.15, 0.2) is 18.2 Å². The van der Waals surface area contributed by atoms with Crippen molar-refractivity contribution in [2.24, 2.45) is 5.73 Å². The first kappa shape index (κ1) is 9.80. The molecule has 0 saturated heterocycles. The van der Waals surface area contributed by atoms with Crippen LogP contribution < -0.4 is 15.8 Å². The van der Waals surface area contributed by atoms with Crippen molar-refractivity contribution in [3.8, 4) is 5.75 Å². The number of methoxy groups -OCH3 is 1. The Labute approximate surface area is 76.7 Å². The second kappa shape index (κ2) is 4.67. The van der Waals surface area contributed by atoms with Crippen LogP contribution in [-0.2, 0) is 0 Å². The average Bonchev–Trinajstić information content (AvgIpc) is 2.16. The fraction of sp³-hybridized carbons (Fsp3) is 0.333. The second-order valence-corrected chi connectivity index (χ2v) is 2.56. The zero-order chi connectivity index (χ0) is 9.68. The second-order valence-electron chi connectivity index (χ2n) is 2.56. The van der Waals surface area contributed by atoms with Crippen LogP contribution in [0.1, 0.15) is 0 Å². The maximum Gasteiger partial charge on any atom is 0.144 e. The molecule has 1 rings (SSSR count). The van der Waals surface area contributed by atoms with Crippen molar-refractivity contribution in [3.63, 3.8) is 0 Å². The minimum Gasteiger partial charge on any atom is -0.494 e. The molecule has 3 N–H and O–H groups in total. The Morgan fingerprint density at radius 2 is 2.31 bits per heavy atom. The van der Waals surface area contributed by atoms with Crippen LogP contribution in [0.5, 0.6) is 5.75 Å². The molecule has 0 unspecified atom stereocenters. The summed E-state index contributed by atoms with van der Waals surface area (Å²) in [6.07, 6.45) is 0. The number of ether oxygens (including phenoxy) is 1. The molecule has 13 heavy (non-hydrogen) atoms. The first-order valence-corrected chi connectivity index (χ1v) is 4.05. The third-order valence-corrected chi connectivity index (χ3v) is 1.62. The molecule has 72 valence electrons. The van der Waals surface area contributed by atoms with E-state index in [1.165, 1.54) is 19.2 Å². The molecule has 0 aliphatic heterocycles. The quantitative estimate of drug-likeness (QED) is 0.739. The number of hydrogen-bond donors (Lipinski definition) is 2. The first-order valence-electron chi connectivity index (χ1n) is 4.05. The van der Waals surface area contributed by atoms with Crippen molar-refractivity contribution < 1.29 is 9.13 Å². The Morgan fingerprint density at radius 3 is 2.92 bits per heavy atom. The summed E-state index contributed by atoms with van der Waals surface area (Å²) in [7, 11) is 1.50. The minimum atomic E-state index is -0.310. The van der Waals surface area contributed by atoms with Gasteiger partial charge >= 0.3 is 0 Å². The van der Waals surface area contributed by atoms with Crippen molar-refractivity contribution in [2.75, 3.05) is 25.5 Å². The van der Waals surface area contributed by atoms with Crippen LogP contribution in [0.3, 0.4) is 0 Å². The summed E-state index contributed by atoms with van der Waals surface area (Å²) in [4.78, 5) is 0. The molecule has 0 bridgehead atoms. The topological polar surface area (TPSA) is 47.3 Å². The molecule has 0 aromatic heterocycles. The molecule has 0 atom stereocenters. The number of halogens is 1. The molecule has 4 heteroatoms. The molecular formula is C9H13FN2O. The Morgan fingerprint density at radius 1 is 1.54 bits per heavy atom. The normalized spacial score (nSPS) is 9.77. The zero-order valence-corrected chi connectivity index (χ0v) is 7.51. The van der Waals surface area contributed by atoms with E-state index in [4.69, 9.17) is 10.5 Å². The van der Waals surface area contributed by atoms with Gasteiger partial charge in [-0.05, 0) is 12.1 Å². The van der Waals surface area contributed by atoms with Gasteiger partial charge in [-0.2, -0.15) is 0 Å². The highest BCUT2D eigenvalue weighted by atomic mass is 19.1. The number of nitrogens with one attached hydrogen (secondary N) is 1. The lowest BCUT2D eigenvalue weighted by atomic mass is 10.3. The van der Waals surface area contributed by atoms with Crippen LogP contribution in [-0.4, -0.2) is 20.2 Å². The number of hydrogen-bond acceptors (Lipinski definition) is 3. The lowest BCUT2D eigenvalue weighted by Crippen LogP contribution is -2.13. The predicted molar refractivity (Wildman–Crippen MR) is 50.5 cm³/mol. The summed E-state index contributed by atoms with van der Waals surface area (Å²) in [6.45, 7) is 1.17. The zero-order valence-electron chi connectivity index (χ0n) is 7.51. The average molecular weight is 184 g/mol. The van der Waals surface area contributed by atoms with Crippen molar-refractivity contribution in [1.82, 2.24) is 0 Å². The van der Waals surface area contributed by atoms with E-state index in [0.29, 0.717) is 18.8 Å². The van der Waals surface area contributed by atoms with Crippen molar-refractivity contribution in [1.29, 1.82) is 0 Å². The molecule has 3 nitrogen and oxygen atoms in total. The van der Waals surface area contributed by atoms with Crippen LogP contribution in [0.2, 0.25) is 0 Å². The number of benzene rings is 1. The highest BCUT2D eigenvalue weighted by Crippen LogP contribution is 2.24. The van der Waals surface area contributed by atoms with E-state index in [1.54, 1.807) is 6.07 Å². The van der Waals surface area contributed by atoms with Gasteiger partial charge in [-0.1, -0.05) is 0 Å². The Hall–Kier alpha value is -1.29. The SMILES string of the molecule is COc1cc(F)ccc1NCCN. The fourth-order valence-electron chi connectivity index (χ4n) is 1.02. The molecule has 0 amide bonds. The Balaban J connectivity index is 2.79. The maximum absolute atomic E-state index is 12.7. The molecule has 1 aromatic carbocycles. The van der Waals surface area contributed by atoms with Crippen molar-refractivity contribution in [2.45, 2.75) is 0 Å². The Kier molecular flexibility index (Phi) is 3.52. The molecule has 0 spiro atoms. The van der Waals surface area contributed by atoms with Gasteiger partial charge in [0.05, 0.1) is 12.8 Å². The van der Waals surface area contributed by atoms with Crippen molar-refractivity contribution >= 4 is 5.69 Å². The summed E-state index contributed by atoms with van der Waals surface area (Å²) >= 11 is 0. The Bertz CT molecular complexity index is 278. The van der Waals surface area contributed by atoms with E-state index in [1.807, 2.05) is 0 Å². The van der Waals surface area contributed by atoms with Gasteiger partial charge in [0.25, 0.3) is 0 Å². The third-order valence-electron chi connectivity index (χ3n) is 1.62. The van der Waals surface area contributed by atoms with Gasteiger partial charge in [0.2, 0.25) is 0 Å². The van der Waals surface area contributed by atoms with Gasteiger partial charge in [-0.3, -0.25) is 0 Å². The third kappa shape index (κ3) is 2.59. The molecule has 0 saturated carbocycles. The summed E-state index contributed by atoms with van der Waals surface area (Å²) < 4.78 is 17.7. The van der Waals surface area contributed by atoms with Gasteiger partial charge in [-0.25, -0.2) is 4.39 Å². The van der Waals surface area contributed by atoms with Crippen molar-refractivity contribution in [3.05, 3.63) is 24.0 Å². The molecule has 0 radical (unpaired) electrons. The fourth-order valence-corrected chi connectivity index (χ4v) is 1.02. The van der Waals surface area contributed by atoms with E-state index >= 15 is 0 Å². The summed E-state index contributed by atoms with van der Waals surface area (Å²) in [5, 5.41) is 3.02. The lowest BCUT2D eigenvalue weighted by Gasteiger charge is -2.09. The molecule has 0 heterocycles. The van der Waals surface area contributed by atoms with Crippen LogP contribution in [0.4, 0.5) is 10.1 Å². The number of rotatable bonds is 4. The summed E-state index contributed by atoms with van der Waals surface area (Å²) in [5.41, 5.74) is 6.08. The number of nitrogens with two attached hydrogens (primary N) is 1. The van der Waals surface area contributed by atoms with Crippen LogP contribution >= 0.6 is 0 Å². The highest BCUT2D eigenvalue weighted by molar-refractivity contribution is 5.56. The monoisotopic (exact) mass is 184 g/mol. The standard InChI is InChI=1S/C9H13FN2O/c1-13-9-6-7(10)2-3-8(9)12-5-4-11/h2-3,6,12H,4-5,11H2,1H3. The van der Waals surface area contributed by atoms with Crippen LogP contribution in [0, 0.1) is 5.82 Å². The van der Waals surface area contributed by atoms with E-state index in [9.17, 15) is 4.39 Å². The first-order chi connectivity index (χ1) is 6.27. The largest absolute Gasteiger partial charge is 0.494 e. The van der Waals surface area contributed by atoms with E-state index in [0.717, 1.165) is 5.69 Å². The molecule has 0 aliphatic rings. The van der Waals surface area contributed by atoms with Gasteiger partial charge in [0.15, 0.2) is 0 Å².